The molecule has 1 saturated carbocycles. The van der Waals surface area contributed by atoms with Crippen molar-refractivity contribution in [2.75, 3.05) is 19.8 Å². The van der Waals surface area contributed by atoms with Crippen LogP contribution in [0.25, 0.3) is 0 Å². The van der Waals surface area contributed by atoms with E-state index in [1.165, 1.54) is 5.57 Å². The Morgan fingerprint density at radius 2 is 1.91 bits per heavy atom. The van der Waals surface area contributed by atoms with E-state index in [9.17, 15) is 0 Å². The molecule has 2 aliphatic heterocycles. The summed E-state index contributed by atoms with van der Waals surface area (Å²) < 4.78 is 30.5. The number of rotatable bonds is 4. The highest BCUT2D eigenvalue weighted by molar-refractivity contribution is 5.03. The van der Waals surface area contributed by atoms with Crippen molar-refractivity contribution >= 4 is 0 Å². The third-order valence-corrected chi connectivity index (χ3v) is 4.99. The lowest BCUT2D eigenvalue weighted by Crippen LogP contribution is -2.57. The van der Waals surface area contributed by atoms with Gasteiger partial charge in [0.05, 0.1) is 44.1 Å². The van der Waals surface area contributed by atoms with Crippen LogP contribution >= 0.6 is 0 Å². The standard InChI is InChI=1S/C18H30O5/c1-12(2)7-9-19-13(3)15-16-14(22-17(4,5)23-16)6-8-18(15)20-10-11-21-18/h7,13-16H,6,8-11H2,1-5H3/t13-,14+,15-,16+/m0/s1. The zero-order valence-electron chi connectivity index (χ0n) is 15.0. The fourth-order valence-electron chi connectivity index (χ4n) is 4.05. The molecule has 4 atom stereocenters. The first-order valence-corrected chi connectivity index (χ1v) is 8.71. The maximum absolute atomic E-state index is 6.22. The van der Waals surface area contributed by atoms with E-state index in [0.29, 0.717) is 19.8 Å². The molecule has 0 N–H and O–H groups in total. The van der Waals surface area contributed by atoms with Crippen molar-refractivity contribution in [3.8, 4) is 0 Å². The third kappa shape index (κ3) is 3.49. The Kier molecular flexibility index (Phi) is 4.87. The van der Waals surface area contributed by atoms with Gasteiger partial charge in [0.25, 0.3) is 0 Å². The van der Waals surface area contributed by atoms with E-state index in [1.807, 2.05) is 13.8 Å². The van der Waals surface area contributed by atoms with Crippen LogP contribution in [-0.2, 0) is 23.7 Å². The van der Waals surface area contributed by atoms with Crippen LogP contribution in [0.1, 0.15) is 47.5 Å². The molecule has 5 heteroatoms. The first kappa shape index (κ1) is 17.4. The van der Waals surface area contributed by atoms with Crippen LogP contribution < -0.4 is 0 Å². The first-order valence-electron chi connectivity index (χ1n) is 8.71. The second kappa shape index (κ2) is 6.45. The summed E-state index contributed by atoms with van der Waals surface area (Å²) in [6, 6.07) is 0. The van der Waals surface area contributed by atoms with Crippen LogP contribution in [-0.4, -0.2) is 49.7 Å². The van der Waals surface area contributed by atoms with Crippen LogP contribution in [0.4, 0.5) is 0 Å². The van der Waals surface area contributed by atoms with Crippen molar-refractivity contribution in [2.45, 2.75) is 77.3 Å². The lowest BCUT2D eigenvalue weighted by atomic mass is 9.76. The van der Waals surface area contributed by atoms with Crippen LogP contribution in [0, 0.1) is 5.92 Å². The van der Waals surface area contributed by atoms with E-state index in [-0.39, 0.29) is 24.2 Å². The van der Waals surface area contributed by atoms with Crippen LogP contribution in [0.15, 0.2) is 11.6 Å². The molecule has 5 nitrogen and oxygen atoms in total. The van der Waals surface area contributed by atoms with E-state index in [4.69, 9.17) is 23.7 Å². The quantitative estimate of drug-likeness (QED) is 0.743. The average molecular weight is 326 g/mol. The van der Waals surface area contributed by atoms with E-state index >= 15 is 0 Å². The van der Waals surface area contributed by atoms with Gasteiger partial charge in [0.15, 0.2) is 11.6 Å². The molecular weight excluding hydrogens is 296 g/mol. The normalized spacial score (nSPS) is 36.0. The highest BCUT2D eigenvalue weighted by Crippen LogP contribution is 2.49. The van der Waals surface area contributed by atoms with Gasteiger partial charge in [0, 0.05) is 6.42 Å². The van der Waals surface area contributed by atoms with Gasteiger partial charge < -0.3 is 23.7 Å². The number of hydrogen-bond acceptors (Lipinski definition) is 5. The molecule has 0 aromatic rings. The largest absolute Gasteiger partial charge is 0.374 e. The zero-order valence-corrected chi connectivity index (χ0v) is 15.0. The van der Waals surface area contributed by atoms with Crippen LogP contribution in [0.3, 0.4) is 0 Å². The minimum absolute atomic E-state index is 0.0103. The minimum Gasteiger partial charge on any atom is -0.374 e. The summed E-state index contributed by atoms with van der Waals surface area (Å²) in [5, 5.41) is 0. The minimum atomic E-state index is -0.588. The molecule has 1 aliphatic carbocycles. The molecule has 0 radical (unpaired) electrons. The molecule has 2 heterocycles. The molecule has 1 spiro atoms. The molecule has 23 heavy (non-hydrogen) atoms. The van der Waals surface area contributed by atoms with Crippen molar-refractivity contribution in [1.82, 2.24) is 0 Å². The number of hydrogen-bond donors (Lipinski definition) is 0. The zero-order chi connectivity index (χ0) is 16.7. The molecular formula is C18H30O5. The van der Waals surface area contributed by atoms with Gasteiger partial charge in [-0.3, -0.25) is 0 Å². The maximum atomic E-state index is 6.22. The Hall–Kier alpha value is -0.460. The molecule has 3 aliphatic rings. The topological polar surface area (TPSA) is 46.2 Å². The first-order chi connectivity index (χ1) is 10.8. The summed E-state index contributed by atoms with van der Waals surface area (Å²) in [4.78, 5) is 0. The van der Waals surface area contributed by atoms with Gasteiger partial charge in [-0.15, -0.1) is 0 Å². The Morgan fingerprint density at radius 3 is 2.57 bits per heavy atom. The molecule has 0 aromatic heterocycles. The fourth-order valence-corrected chi connectivity index (χ4v) is 4.05. The molecule has 132 valence electrons. The molecule has 2 saturated heterocycles. The number of allylic oxidation sites excluding steroid dienone is 1. The third-order valence-electron chi connectivity index (χ3n) is 4.99. The molecule has 0 unspecified atom stereocenters. The Bertz CT molecular complexity index is 448. The van der Waals surface area contributed by atoms with Crippen LogP contribution in [0.2, 0.25) is 0 Å². The summed E-state index contributed by atoms with van der Waals surface area (Å²) in [6.07, 6.45) is 3.81. The van der Waals surface area contributed by atoms with Crippen LogP contribution in [0.5, 0.6) is 0 Å². The summed E-state index contributed by atoms with van der Waals surface area (Å²) in [5.41, 5.74) is 1.25. The highest BCUT2D eigenvalue weighted by Gasteiger charge is 2.60. The Balaban J connectivity index is 1.79. The van der Waals surface area contributed by atoms with Crippen molar-refractivity contribution in [3.05, 3.63) is 11.6 Å². The number of ether oxygens (including phenoxy) is 5. The smallest absolute Gasteiger partial charge is 0.176 e. The lowest BCUT2D eigenvalue weighted by Gasteiger charge is -2.46. The van der Waals surface area contributed by atoms with Gasteiger partial charge in [-0.25, -0.2) is 0 Å². The van der Waals surface area contributed by atoms with Gasteiger partial charge in [-0.05, 0) is 41.0 Å². The summed E-state index contributed by atoms with van der Waals surface area (Å²) in [7, 11) is 0. The van der Waals surface area contributed by atoms with E-state index in [0.717, 1.165) is 12.8 Å². The lowest BCUT2D eigenvalue weighted by molar-refractivity contribution is -0.265. The van der Waals surface area contributed by atoms with Gasteiger partial charge >= 0.3 is 0 Å². The molecule has 0 bridgehead atoms. The molecule has 0 amide bonds. The van der Waals surface area contributed by atoms with E-state index in [2.05, 4.69) is 26.8 Å². The average Bonchev–Trinajstić information content (AvgIpc) is 3.02. The predicted molar refractivity (Wildman–Crippen MR) is 86.0 cm³/mol. The second-order valence-electron chi connectivity index (χ2n) is 7.53. The molecule has 3 rings (SSSR count). The van der Waals surface area contributed by atoms with Crippen molar-refractivity contribution in [1.29, 1.82) is 0 Å². The van der Waals surface area contributed by atoms with E-state index < -0.39 is 11.6 Å². The Labute approximate surface area is 139 Å². The molecule has 3 fully saturated rings. The van der Waals surface area contributed by atoms with Gasteiger partial charge in [-0.2, -0.15) is 0 Å². The van der Waals surface area contributed by atoms with Crippen molar-refractivity contribution in [2.24, 2.45) is 5.92 Å². The number of fused-ring (bicyclic) bond motifs is 1. The second-order valence-corrected chi connectivity index (χ2v) is 7.53. The highest BCUT2D eigenvalue weighted by atomic mass is 16.8. The predicted octanol–water partition coefficient (Wildman–Crippen LogP) is 3.03. The maximum Gasteiger partial charge on any atom is 0.176 e. The summed E-state index contributed by atoms with van der Waals surface area (Å²) in [6.45, 7) is 12.1. The fraction of sp³-hybridized carbons (Fsp3) is 0.889. The van der Waals surface area contributed by atoms with Crippen molar-refractivity contribution in [3.63, 3.8) is 0 Å². The summed E-state index contributed by atoms with van der Waals surface area (Å²) in [5.74, 6) is -1.14. The molecule has 0 aromatic carbocycles. The summed E-state index contributed by atoms with van der Waals surface area (Å²) >= 11 is 0. The Morgan fingerprint density at radius 1 is 1.22 bits per heavy atom. The van der Waals surface area contributed by atoms with Gasteiger partial charge in [-0.1, -0.05) is 11.6 Å². The van der Waals surface area contributed by atoms with Crippen molar-refractivity contribution < 1.29 is 23.7 Å². The monoisotopic (exact) mass is 326 g/mol. The van der Waals surface area contributed by atoms with Gasteiger partial charge in [0.2, 0.25) is 0 Å². The SMILES string of the molecule is CC(C)=CCO[C@@H](C)[C@H]1[C@@H]2OC(C)(C)O[C@@H]2CCC12OCCO2. The van der Waals surface area contributed by atoms with Gasteiger partial charge in [0.1, 0.15) is 0 Å². The van der Waals surface area contributed by atoms with E-state index in [1.54, 1.807) is 0 Å².